The van der Waals surface area contributed by atoms with E-state index >= 15 is 0 Å². The summed E-state index contributed by atoms with van der Waals surface area (Å²) in [4.78, 5) is 13.1. The smallest absolute Gasteiger partial charge is 0.322 e. The van der Waals surface area contributed by atoms with Crippen molar-refractivity contribution >= 4 is 5.91 Å². The van der Waals surface area contributed by atoms with E-state index in [0.717, 1.165) is 16.7 Å². The number of hydrazine groups is 1. The van der Waals surface area contributed by atoms with Gasteiger partial charge in [-0.25, -0.2) is 9.40 Å². The maximum atomic E-state index is 13.4. The first kappa shape index (κ1) is 23.5. The molecule has 0 aliphatic rings. The third-order valence-corrected chi connectivity index (χ3v) is 4.85. The topological polar surface area (TPSA) is 32.8 Å². The summed E-state index contributed by atoms with van der Waals surface area (Å²) in [7, 11) is 0. The quantitative estimate of drug-likeness (QED) is 0.373. The van der Waals surface area contributed by atoms with Gasteiger partial charge < -0.3 is 4.74 Å². The van der Waals surface area contributed by atoms with E-state index in [1.165, 1.54) is 17.1 Å². The van der Waals surface area contributed by atoms with Crippen LogP contribution in [0.15, 0.2) is 84.9 Å². The average molecular weight is 442 g/mol. The maximum Gasteiger partial charge on any atom is 0.345 e. The summed E-state index contributed by atoms with van der Waals surface area (Å²) in [6, 6.07) is 25.2. The molecule has 0 aliphatic carbocycles. The van der Waals surface area contributed by atoms with Crippen molar-refractivity contribution < 1.29 is 22.7 Å². The SMILES string of the molecule is O=C(CCOC(F)F)N(Cc1ccc(F)cc1)N(Cc1ccccc1)Cc1ccccc1. The van der Waals surface area contributed by atoms with Gasteiger partial charge in [-0.1, -0.05) is 72.8 Å². The summed E-state index contributed by atoms with van der Waals surface area (Å²) in [5, 5.41) is 3.40. The zero-order valence-electron chi connectivity index (χ0n) is 17.5. The van der Waals surface area contributed by atoms with Crippen LogP contribution in [0.4, 0.5) is 13.2 Å². The lowest BCUT2D eigenvalue weighted by molar-refractivity contribution is -0.161. The third-order valence-electron chi connectivity index (χ3n) is 4.85. The Morgan fingerprint density at radius 3 is 1.75 bits per heavy atom. The van der Waals surface area contributed by atoms with Gasteiger partial charge in [0.15, 0.2) is 0 Å². The first-order chi connectivity index (χ1) is 15.5. The number of carbonyl (C=O) groups is 1. The van der Waals surface area contributed by atoms with Crippen LogP contribution in [0, 0.1) is 5.82 Å². The molecule has 0 heterocycles. The minimum Gasteiger partial charge on any atom is -0.322 e. The molecule has 0 atom stereocenters. The lowest BCUT2D eigenvalue weighted by Crippen LogP contribution is -2.45. The molecule has 0 N–H and O–H groups in total. The summed E-state index contributed by atoms with van der Waals surface area (Å²) >= 11 is 0. The number of alkyl halides is 2. The fourth-order valence-corrected chi connectivity index (χ4v) is 3.29. The van der Waals surface area contributed by atoms with Crippen LogP contribution in [0.3, 0.4) is 0 Å². The number of hydrogen-bond donors (Lipinski definition) is 0. The third kappa shape index (κ3) is 7.51. The molecule has 4 nitrogen and oxygen atoms in total. The van der Waals surface area contributed by atoms with Crippen LogP contribution in [0.5, 0.6) is 0 Å². The number of amides is 1. The van der Waals surface area contributed by atoms with Crippen molar-refractivity contribution in [2.45, 2.75) is 32.7 Å². The van der Waals surface area contributed by atoms with Crippen molar-refractivity contribution in [2.24, 2.45) is 0 Å². The fraction of sp³-hybridized carbons (Fsp3) is 0.240. The van der Waals surface area contributed by atoms with Crippen molar-refractivity contribution in [3.63, 3.8) is 0 Å². The molecule has 3 aromatic carbocycles. The van der Waals surface area contributed by atoms with Gasteiger partial charge in [-0.3, -0.25) is 9.80 Å². The van der Waals surface area contributed by atoms with E-state index in [1.807, 2.05) is 65.7 Å². The molecule has 0 aliphatic heterocycles. The summed E-state index contributed by atoms with van der Waals surface area (Å²) < 4.78 is 42.5. The Kier molecular flexibility index (Phi) is 8.83. The number of carbonyl (C=O) groups excluding carboxylic acids is 1. The van der Waals surface area contributed by atoms with Crippen LogP contribution in [0.25, 0.3) is 0 Å². The van der Waals surface area contributed by atoms with Crippen LogP contribution in [0.1, 0.15) is 23.1 Å². The second-order valence-electron chi connectivity index (χ2n) is 7.25. The Bertz CT molecular complexity index is 912. The van der Waals surface area contributed by atoms with Gasteiger partial charge >= 0.3 is 6.61 Å². The van der Waals surface area contributed by atoms with Crippen LogP contribution in [0.2, 0.25) is 0 Å². The monoisotopic (exact) mass is 442 g/mol. The predicted molar refractivity (Wildman–Crippen MR) is 116 cm³/mol. The minimum absolute atomic E-state index is 0.174. The molecule has 0 unspecified atom stereocenters. The second kappa shape index (κ2) is 12.0. The van der Waals surface area contributed by atoms with Gasteiger partial charge in [-0.05, 0) is 28.8 Å². The Balaban J connectivity index is 1.88. The highest BCUT2D eigenvalue weighted by Gasteiger charge is 2.23. The van der Waals surface area contributed by atoms with Crippen LogP contribution < -0.4 is 0 Å². The lowest BCUT2D eigenvalue weighted by atomic mass is 10.1. The van der Waals surface area contributed by atoms with Gasteiger partial charge in [0.05, 0.1) is 19.6 Å². The van der Waals surface area contributed by atoms with E-state index in [4.69, 9.17) is 0 Å². The van der Waals surface area contributed by atoms with Crippen molar-refractivity contribution in [2.75, 3.05) is 6.61 Å². The van der Waals surface area contributed by atoms with Gasteiger partial charge in [-0.15, -0.1) is 0 Å². The normalized spacial score (nSPS) is 11.2. The van der Waals surface area contributed by atoms with Crippen LogP contribution in [-0.2, 0) is 29.2 Å². The number of halogens is 3. The average Bonchev–Trinajstić information content (AvgIpc) is 2.79. The molecule has 0 radical (unpaired) electrons. The molecule has 3 rings (SSSR count). The van der Waals surface area contributed by atoms with Gasteiger partial charge in [0.1, 0.15) is 5.82 Å². The van der Waals surface area contributed by atoms with E-state index in [2.05, 4.69) is 4.74 Å². The molecular weight excluding hydrogens is 417 g/mol. The summed E-state index contributed by atoms with van der Waals surface area (Å²) in [5.74, 6) is -0.732. The highest BCUT2D eigenvalue weighted by Crippen LogP contribution is 2.18. The Hall–Kier alpha value is -3.16. The highest BCUT2D eigenvalue weighted by molar-refractivity contribution is 5.75. The number of nitrogens with zero attached hydrogens (tertiary/aromatic N) is 2. The summed E-state index contributed by atoms with van der Waals surface area (Å²) in [6.07, 6.45) is -0.203. The standard InChI is InChI=1S/C25H25F3N2O2/c26-23-13-11-22(12-14-23)19-30(24(31)15-16-32-25(27)28)29(17-20-7-3-1-4-8-20)18-21-9-5-2-6-10-21/h1-14,25H,15-19H2. The molecule has 0 spiro atoms. The molecule has 3 aromatic rings. The Morgan fingerprint density at radius 2 is 1.25 bits per heavy atom. The van der Waals surface area contributed by atoms with E-state index < -0.39 is 6.61 Å². The van der Waals surface area contributed by atoms with Gasteiger partial charge in [-0.2, -0.15) is 8.78 Å². The molecule has 0 saturated heterocycles. The van der Waals surface area contributed by atoms with Gasteiger partial charge in [0.2, 0.25) is 5.91 Å². The first-order valence-electron chi connectivity index (χ1n) is 10.3. The molecule has 0 aromatic heterocycles. The Morgan fingerprint density at radius 1 is 0.750 bits per heavy atom. The van der Waals surface area contributed by atoms with E-state index in [-0.39, 0.29) is 31.3 Å². The van der Waals surface area contributed by atoms with Crippen molar-refractivity contribution in [3.05, 3.63) is 107 Å². The predicted octanol–water partition coefficient (Wildman–Crippen LogP) is 5.40. The zero-order chi connectivity index (χ0) is 22.8. The van der Waals surface area contributed by atoms with E-state index in [1.54, 1.807) is 12.1 Å². The molecular formula is C25H25F3N2O2. The van der Waals surface area contributed by atoms with Gasteiger partial charge in [0.25, 0.3) is 0 Å². The molecule has 0 bridgehead atoms. The molecule has 168 valence electrons. The minimum atomic E-state index is -2.93. The number of ether oxygens (including phenoxy) is 1. The largest absolute Gasteiger partial charge is 0.345 e. The fourth-order valence-electron chi connectivity index (χ4n) is 3.29. The van der Waals surface area contributed by atoms with Crippen molar-refractivity contribution in [1.29, 1.82) is 0 Å². The second-order valence-corrected chi connectivity index (χ2v) is 7.25. The number of rotatable bonds is 11. The molecule has 1 amide bonds. The Labute approximate surface area is 185 Å². The maximum absolute atomic E-state index is 13.4. The van der Waals surface area contributed by atoms with Crippen LogP contribution in [-0.4, -0.2) is 29.1 Å². The first-order valence-corrected chi connectivity index (χ1v) is 10.3. The summed E-state index contributed by atoms with van der Waals surface area (Å²) in [6.45, 7) is -2.29. The van der Waals surface area contributed by atoms with E-state index in [0.29, 0.717) is 13.1 Å². The van der Waals surface area contributed by atoms with Gasteiger partial charge in [0, 0.05) is 13.1 Å². The molecule has 0 saturated carbocycles. The molecule has 0 fully saturated rings. The summed E-state index contributed by atoms with van der Waals surface area (Å²) in [5.41, 5.74) is 2.70. The molecule has 32 heavy (non-hydrogen) atoms. The zero-order valence-corrected chi connectivity index (χ0v) is 17.5. The number of hydrogen-bond acceptors (Lipinski definition) is 3. The lowest BCUT2D eigenvalue weighted by Gasteiger charge is -2.35. The molecule has 7 heteroatoms. The van der Waals surface area contributed by atoms with E-state index in [9.17, 15) is 18.0 Å². The van der Waals surface area contributed by atoms with Crippen molar-refractivity contribution in [3.8, 4) is 0 Å². The van der Waals surface area contributed by atoms with Crippen LogP contribution >= 0.6 is 0 Å². The number of benzene rings is 3. The van der Waals surface area contributed by atoms with Crippen molar-refractivity contribution in [1.82, 2.24) is 10.0 Å². The highest BCUT2D eigenvalue weighted by atomic mass is 19.3.